The van der Waals surface area contributed by atoms with Crippen LogP contribution in [0.2, 0.25) is 0 Å². The van der Waals surface area contributed by atoms with E-state index in [9.17, 15) is 14.7 Å². The lowest BCUT2D eigenvalue weighted by Crippen LogP contribution is -2.60. The number of allylic oxidation sites excluding steroid dienone is 1. The summed E-state index contributed by atoms with van der Waals surface area (Å²) >= 11 is 5.86. The molecule has 3 saturated carbocycles. The standard InChI is InChI=1S/C22H30ClFO3/c1-12-8-16-14-10-18(24)17-9-13(25)4-6-20(17,2)15(14)5-7-21(16,3)22(12,27)19(26)11-23/h9,12,14-16,18,27H,4-8,10-11H2,1-3H3/t12-,14+,15-,16-,18+,20+,21-,22-/m0/s1. The third kappa shape index (κ3) is 2.35. The average molecular weight is 397 g/mol. The highest BCUT2D eigenvalue weighted by Crippen LogP contribution is 2.69. The summed E-state index contributed by atoms with van der Waals surface area (Å²) in [5, 5.41) is 11.5. The van der Waals surface area contributed by atoms with Crippen molar-refractivity contribution in [3.05, 3.63) is 11.6 Å². The molecule has 4 aliphatic rings. The van der Waals surface area contributed by atoms with E-state index in [1.807, 2.05) is 13.8 Å². The van der Waals surface area contributed by atoms with Gasteiger partial charge in [0.1, 0.15) is 11.8 Å². The van der Waals surface area contributed by atoms with Crippen LogP contribution in [0, 0.1) is 34.5 Å². The van der Waals surface area contributed by atoms with Gasteiger partial charge in [-0.25, -0.2) is 4.39 Å². The fraction of sp³-hybridized carbons (Fsp3) is 0.818. The Bertz CT molecular complexity index is 720. The number of carbonyl (C=O) groups is 2. The maximum atomic E-state index is 15.2. The summed E-state index contributed by atoms with van der Waals surface area (Å²) in [6, 6.07) is 0. The normalized spacial score (nSPS) is 51.9. The summed E-state index contributed by atoms with van der Waals surface area (Å²) in [6.45, 7) is 6.09. The molecule has 0 unspecified atom stereocenters. The van der Waals surface area contributed by atoms with Crippen molar-refractivity contribution < 1.29 is 19.1 Å². The molecule has 0 radical (unpaired) electrons. The van der Waals surface area contributed by atoms with Crippen LogP contribution in [0.1, 0.15) is 59.3 Å². The SMILES string of the molecule is C[C@H]1C[C@H]2[C@@H]3C[C@@H](F)C4=CC(=O)CC[C@]4(C)[C@H]3CC[C@]2(C)[C@@]1(O)C(=O)CCl. The summed E-state index contributed by atoms with van der Waals surface area (Å²) < 4.78 is 15.2. The number of rotatable bonds is 2. The van der Waals surface area contributed by atoms with Gasteiger partial charge in [-0.1, -0.05) is 20.8 Å². The maximum Gasteiger partial charge on any atom is 0.179 e. The third-order valence-electron chi connectivity index (χ3n) is 9.07. The zero-order chi connectivity index (χ0) is 19.8. The van der Waals surface area contributed by atoms with Crippen molar-refractivity contribution in [2.24, 2.45) is 34.5 Å². The van der Waals surface area contributed by atoms with Gasteiger partial charge in [-0.2, -0.15) is 0 Å². The highest BCUT2D eigenvalue weighted by atomic mass is 35.5. The van der Waals surface area contributed by atoms with Crippen LogP contribution in [0.5, 0.6) is 0 Å². The summed E-state index contributed by atoms with van der Waals surface area (Å²) in [5.74, 6) is -0.0545. The van der Waals surface area contributed by atoms with Crippen LogP contribution in [0.4, 0.5) is 4.39 Å². The summed E-state index contributed by atoms with van der Waals surface area (Å²) in [5.41, 5.74) is -1.56. The van der Waals surface area contributed by atoms with Crippen molar-refractivity contribution in [3.8, 4) is 0 Å². The molecule has 0 bridgehead atoms. The first-order valence-electron chi connectivity index (χ1n) is 10.3. The summed E-state index contributed by atoms with van der Waals surface area (Å²) in [7, 11) is 0. The van der Waals surface area contributed by atoms with Crippen molar-refractivity contribution in [3.63, 3.8) is 0 Å². The molecule has 0 amide bonds. The molecular weight excluding hydrogens is 367 g/mol. The second-order valence-corrected chi connectivity index (χ2v) is 10.2. The Labute approximate surface area is 165 Å². The number of ketones is 2. The molecule has 150 valence electrons. The minimum atomic E-state index is -1.42. The minimum absolute atomic E-state index is 0.0424. The molecule has 0 aliphatic heterocycles. The topological polar surface area (TPSA) is 54.4 Å². The Morgan fingerprint density at radius 2 is 2.00 bits per heavy atom. The van der Waals surface area contributed by atoms with E-state index in [4.69, 9.17) is 11.6 Å². The fourth-order valence-corrected chi connectivity index (χ4v) is 7.80. The number of Topliss-reactive ketones (excluding diaryl/α,β-unsaturated/α-hetero) is 1. The van der Waals surface area contributed by atoms with Gasteiger partial charge in [0.15, 0.2) is 11.6 Å². The molecule has 0 aromatic heterocycles. The Morgan fingerprint density at radius 1 is 1.30 bits per heavy atom. The number of aliphatic hydroxyl groups is 1. The second-order valence-electron chi connectivity index (χ2n) is 9.98. The number of alkyl halides is 2. The van der Waals surface area contributed by atoms with E-state index in [1.165, 1.54) is 0 Å². The van der Waals surface area contributed by atoms with Gasteiger partial charge in [0.05, 0.1) is 5.88 Å². The first-order valence-corrected chi connectivity index (χ1v) is 10.8. The molecule has 0 aromatic carbocycles. The van der Waals surface area contributed by atoms with Crippen LogP contribution in [0.15, 0.2) is 11.6 Å². The monoisotopic (exact) mass is 396 g/mol. The van der Waals surface area contributed by atoms with E-state index < -0.39 is 17.2 Å². The second kappa shape index (κ2) is 6.13. The van der Waals surface area contributed by atoms with Gasteiger partial charge in [-0.15, -0.1) is 11.6 Å². The first kappa shape index (κ1) is 19.6. The quantitative estimate of drug-likeness (QED) is 0.710. The fourth-order valence-electron chi connectivity index (χ4n) is 7.60. The Hall–Kier alpha value is -0.740. The van der Waals surface area contributed by atoms with E-state index in [1.54, 1.807) is 6.08 Å². The van der Waals surface area contributed by atoms with Crippen LogP contribution < -0.4 is 0 Å². The summed E-state index contributed by atoms with van der Waals surface area (Å²) in [6.07, 6.45) is 4.41. The van der Waals surface area contributed by atoms with E-state index in [-0.39, 0.29) is 40.6 Å². The number of halogens is 2. The van der Waals surface area contributed by atoms with Crippen LogP contribution in [0.25, 0.3) is 0 Å². The van der Waals surface area contributed by atoms with E-state index in [0.29, 0.717) is 30.8 Å². The number of carbonyl (C=O) groups excluding carboxylic acids is 2. The van der Waals surface area contributed by atoms with Gasteiger partial charge in [0.25, 0.3) is 0 Å². The number of hydrogen-bond donors (Lipinski definition) is 1. The average Bonchev–Trinajstić information content (AvgIpc) is 2.84. The lowest BCUT2D eigenvalue weighted by atomic mass is 9.46. The first-order chi connectivity index (χ1) is 12.6. The van der Waals surface area contributed by atoms with Crippen LogP contribution in [-0.2, 0) is 9.59 Å². The summed E-state index contributed by atoms with van der Waals surface area (Å²) in [4.78, 5) is 24.6. The van der Waals surface area contributed by atoms with Gasteiger partial charge in [0.2, 0.25) is 0 Å². The molecule has 3 fully saturated rings. The Kier molecular flexibility index (Phi) is 4.44. The predicted octanol–water partition coefficient (Wildman–Crippen LogP) is 4.25. The van der Waals surface area contributed by atoms with Crippen LogP contribution in [0.3, 0.4) is 0 Å². The minimum Gasteiger partial charge on any atom is -0.381 e. The number of fused-ring (bicyclic) bond motifs is 5. The molecule has 0 spiro atoms. The highest BCUT2D eigenvalue weighted by Gasteiger charge is 2.69. The lowest BCUT2D eigenvalue weighted by Gasteiger charge is -2.59. The van der Waals surface area contributed by atoms with E-state index in [0.717, 1.165) is 19.3 Å². The molecule has 8 atom stereocenters. The smallest absolute Gasteiger partial charge is 0.179 e. The van der Waals surface area contributed by atoms with Gasteiger partial charge in [-0.3, -0.25) is 9.59 Å². The van der Waals surface area contributed by atoms with Crippen molar-refractivity contribution in [2.45, 2.75) is 71.1 Å². The van der Waals surface area contributed by atoms with Crippen molar-refractivity contribution in [1.29, 1.82) is 0 Å². The Balaban J connectivity index is 1.75. The largest absolute Gasteiger partial charge is 0.381 e. The van der Waals surface area contributed by atoms with Crippen molar-refractivity contribution >= 4 is 23.2 Å². The molecule has 3 nitrogen and oxygen atoms in total. The molecule has 5 heteroatoms. The Morgan fingerprint density at radius 3 is 2.67 bits per heavy atom. The molecule has 4 aliphatic carbocycles. The molecule has 0 aromatic rings. The van der Waals surface area contributed by atoms with Crippen molar-refractivity contribution in [1.82, 2.24) is 0 Å². The van der Waals surface area contributed by atoms with Crippen LogP contribution in [-0.4, -0.2) is 34.3 Å². The molecule has 0 heterocycles. The molecule has 1 N–H and O–H groups in total. The molecular formula is C22H30ClFO3. The zero-order valence-corrected chi connectivity index (χ0v) is 17.2. The van der Waals surface area contributed by atoms with E-state index >= 15 is 4.39 Å². The molecule has 27 heavy (non-hydrogen) atoms. The predicted molar refractivity (Wildman–Crippen MR) is 102 cm³/mol. The van der Waals surface area contributed by atoms with Crippen LogP contribution >= 0.6 is 11.6 Å². The molecule has 0 saturated heterocycles. The lowest BCUT2D eigenvalue weighted by molar-refractivity contribution is -0.166. The van der Waals surface area contributed by atoms with Gasteiger partial charge in [0, 0.05) is 11.8 Å². The van der Waals surface area contributed by atoms with Crippen molar-refractivity contribution in [2.75, 3.05) is 5.88 Å². The highest BCUT2D eigenvalue weighted by molar-refractivity contribution is 6.29. The number of hydrogen-bond acceptors (Lipinski definition) is 3. The van der Waals surface area contributed by atoms with Gasteiger partial charge < -0.3 is 5.11 Å². The zero-order valence-electron chi connectivity index (χ0n) is 16.4. The van der Waals surface area contributed by atoms with Gasteiger partial charge in [-0.05, 0) is 72.8 Å². The molecule has 4 rings (SSSR count). The third-order valence-corrected chi connectivity index (χ3v) is 9.31. The maximum absolute atomic E-state index is 15.2. The van der Waals surface area contributed by atoms with E-state index in [2.05, 4.69) is 6.92 Å². The van der Waals surface area contributed by atoms with Gasteiger partial charge >= 0.3 is 0 Å².